The molecule has 0 fully saturated rings. The summed E-state index contributed by atoms with van der Waals surface area (Å²) < 4.78 is 1.01. The Balaban J connectivity index is 2.14. The molecule has 4 heteroatoms. The van der Waals surface area contributed by atoms with Crippen LogP contribution in [0.2, 0.25) is 0 Å². The van der Waals surface area contributed by atoms with Crippen molar-refractivity contribution in [3.05, 3.63) is 63.9 Å². The minimum atomic E-state index is -0.0213. The molecule has 1 amide bonds. The molecule has 1 aromatic carbocycles. The topological polar surface area (TPSA) is 33.2 Å². The zero-order chi connectivity index (χ0) is 13.8. The second-order valence-electron chi connectivity index (χ2n) is 4.50. The van der Waals surface area contributed by atoms with Crippen LogP contribution in [-0.2, 0) is 6.54 Å². The van der Waals surface area contributed by atoms with Gasteiger partial charge in [-0.2, -0.15) is 0 Å². The molecule has 2 rings (SSSR count). The standard InChI is InChI=1S/C15H15BrN2O/c1-11-7-13(9-17-8-11)15(19)18(2)10-12-5-3-4-6-14(12)16/h3-9H,10H2,1-2H3. The first-order chi connectivity index (χ1) is 9.08. The predicted octanol–water partition coefficient (Wildman–Crippen LogP) is 3.42. The van der Waals surface area contributed by atoms with Gasteiger partial charge in [-0.1, -0.05) is 34.1 Å². The molecule has 2 aromatic rings. The number of amides is 1. The Bertz CT molecular complexity index is 598. The van der Waals surface area contributed by atoms with Crippen molar-refractivity contribution in [1.82, 2.24) is 9.88 Å². The van der Waals surface area contributed by atoms with Crippen molar-refractivity contribution in [1.29, 1.82) is 0 Å². The van der Waals surface area contributed by atoms with Crippen molar-refractivity contribution < 1.29 is 4.79 Å². The van der Waals surface area contributed by atoms with Gasteiger partial charge in [0, 0.05) is 30.5 Å². The van der Waals surface area contributed by atoms with Crippen molar-refractivity contribution in [2.24, 2.45) is 0 Å². The van der Waals surface area contributed by atoms with Crippen LogP contribution in [-0.4, -0.2) is 22.8 Å². The molecule has 0 N–H and O–H groups in total. The van der Waals surface area contributed by atoms with Gasteiger partial charge >= 0.3 is 0 Å². The van der Waals surface area contributed by atoms with E-state index in [2.05, 4.69) is 20.9 Å². The van der Waals surface area contributed by atoms with Gasteiger partial charge in [0.2, 0.25) is 0 Å². The summed E-state index contributed by atoms with van der Waals surface area (Å²) in [6.45, 7) is 2.49. The van der Waals surface area contributed by atoms with Gasteiger partial charge < -0.3 is 4.90 Å². The second-order valence-corrected chi connectivity index (χ2v) is 5.36. The SMILES string of the molecule is Cc1cncc(C(=O)N(C)Cc2ccccc2Br)c1. The normalized spacial score (nSPS) is 10.3. The van der Waals surface area contributed by atoms with Gasteiger partial charge in [0.05, 0.1) is 5.56 Å². The lowest BCUT2D eigenvalue weighted by Crippen LogP contribution is -2.26. The third kappa shape index (κ3) is 3.41. The first-order valence-corrected chi connectivity index (χ1v) is 6.78. The highest BCUT2D eigenvalue weighted by atomic mass is 79.9. The first-order valence-electron chi connectivity index (χ1n) is 5.98. The Morgan fingerprint density at radius 3 is 2.74 bits per heavy atom. The molecule has 19 heavy (non-hydrogen) atoms. The van der Waals surface area contributed by atoms with Crippen LogP contribution in [0.15, 0.2) is 47.2 Å². The number of carbonyl (C=O) groups excluding carboxylic acids is 1. The zero-order valence-corrected chi connectivity index (χ0v) is 12.5. The minimum Gasteiger partial charge on any atom is -0.337 e. The summed E-state index contributed by atoms with van der Waals surface area (Å²) in [6.07, 6.45) is 3.34. The number of aryl methyl sites for hydroxylation is 1. The van der Waals surface area contributed by atoms with Gasteiger partial charge in [-0.05, 0) is 30.2 Å². The van der Waals surface area contributed by atoms with Gasteiger partial charge in [-0.3, -0.25) is 9.78 Å². The average molecular weight is 319 g/mol. The Kier molecular flexibility index (Phi) is 4.32. The molecule has 98 valence electrons. The lowest BCUT2D eigenvalue weighted by Gasteiger charge is -2.18. The highest BCUT2D eigenvalue weighted by Crippen LogP contribution is 2.18. The quantitative estimate of drug-likeness (QED) is 0.868. The number of aromatic nitrogens is 1. The molecule has 0 unspecified atom stereocenters. The molecular formula is C15H15BrN2O. The van der Waals surface area contributed by atoms with E-state index >= 15 is 0 Å². The molecule has 0 saturated carbocycles. The van der Waals surface area contributed by atoms with Crippen molar-refractivity contribution in [2.45, 2.75) is 13.5 Å². The highest BCUT2D eigenvalue weighted by molar-refractivity contribution is 9.10. The number of rotatable bonds is 3. The van der Waals surface area contributed by atoms with Crippen molar-refractivity contribution >= 4 is 21.8 Å². The van der Waals surface area contributed by atoms with E-state index in [1.807, 2.05) is 37.3 Å². The molecule has 0 bridgehead atoms. The molecular weight excluding hydrogens is 304 g/mol. The van der Waals surface area contributed by atoms with Crippen molar-refractivity contribution in [2.75, 3.05) is 7.05 Å². The van der Waals surface area contributed by atoms with E-state index in [0.717, 1.165) is 15.6 Å². The Morgan fingerprint density at radius 2 is 2.05 bits per heavy atom. The van der Waals surface area contributed by atoms with E-state index in [1.165, 1.54) is 0 Å². The van der Waals surface area contributed by atoms with Crippen LogP contribution in [0, 0.1) is 6.92 Å². The molecule has 1 heterocycles. The predicted molar refractivity (Wildman–Crippen MR) is 78.9 cm³/mol. The Morgan fingerprint density at radius 1 is 1.32 bits per heavy atom. The second kappa shape index (κ2) is 5.97. The number of nitrogens with zero attached hydrogens (tertiary/aromatic N) is 2. The highest BCUT2D eigenvalue weighted by Gasteiger charge is 2.13. The first kappa shape index (κ1) is 13.7. The number of hydrogen-bond acceptors (Lipinski definition) is 2. The molecule has 0 aliphatic rings. The molecule has 0 aliphatic carbocycles. The molecule has 0 atom stereocenters. The number of hydrogen-bond donors (Lipinski definition) is 0. The van der Waals surface area contributed by atoms with Crippen LogP contribution in [0.25, 0.3) is 0 Å². The van der Waals surface area contributed by atoms with Crippen molar-refractivity contribution in [3.63, 3.8) is 0 Å². The maximum absolute atomic E-state index is 12.3. The Labute approximate surface area is 121 Å². The van der Waals surface area contributed by atoms with Crippen LogP contribution < -0.4 is 0 Å². The van der Waals surface area contributed by atoms with E-state index < -0.39 is 0 Å². The summed E-state index contributed by atoms with van der Waals surface area (Å²) in [5.74, 6) is -0.0213. The van der Waals surface area contributed by atoms with E-state index in [-0.39, 0.29) is 5.91 Å². The minimum absolute atomic E-state index is 0.0213. The van der Waals surface area contributed by atoms with Gasteiger partial charge in [0.15, 0.2) is 0 Å². The molecule has 0 aliphatic heterocycles. The van der Waals surface area contributed by atoms with Crippen LogP contribution in [0.5, 0.6) is 0 Å². The number of halogens is 1. The lowest BCUT2D eigenvalue weighted by atomic mass is 10.1. The van der Waals surface area contributed by atoms with Crippen LogP contribution in [0.4, 0.5) is 0 Å². The summed E-state index contributed by atoms with van der Waals surface area (Å²) in [5.41, 5.74) is 2.69. The smallest absolute Gasteiger partial charge is 0.255 e. The van der Waals surface area contributed by atoms with Gasteiger partial charge in [-0.25, -0.2) is 0 Å². The van der Waals surface area contributed by atoms with Gasteiger partial charge in [0.25, 0.3) is 5.91 Å². The fourth-order valence-corrected chi connectivity index (χ4v) is 2.26. The number of carbonyl (C=O) groups is 1. The molecule has 3 nitrogen and oxygen atoms in total. The van der Waals surface area contributed by atoms with Crippen LogP contribution in [0.1, 0.15) is 21.5 Å². The van der Waals surface area contributed by atoms with Crippen LogP contribution in [0.3, 0.4) is 0 Å². The summed E-state index contributed by atoms with van der Waals surface area (Å²) >= 11 is 3.49. The monoisotopic (exact) mass is 318 g/mol. The van der Waals surface area contributed by atoms with E-state index in [0.29, 0.717) is 12.1 Å². The summed E-state index contributed by atoms with van der Waals surface area (Å²) in [4.78, 5) is 18.0. The largest absolute Gasteiger partial charge is 0.337 e. The average Bonchev–Trinajstić information content (AvgIpc) is 2.40. The van der Waals surface area contributed by atoms with Crippen LogP contribution >= 0.6 is 15.9 Å². The molecule has 0 radical (unpaired) electrons. The number of benzene rings is 1. The third-order valence-electron chi connectivity index (χ3n) is 2.83. The zero-order valence-electron chi connectivity index (χ0n) is 10.9. The number of pyridine rings is 1. The fraction of sp³-hybridized carbons (Fsp3) is 0.200. The fourth-order valence-electron chi connectivity index (χ4n) is 1.85. The maximum Gasteiger partial charge on any atom is 0.255 e. The molecule has 1 aromatic heterocycles. The van der Waals surface area contributed by atoms with E-state index in [9.17, 15) is 4.79 Å². The molecule has 0 spiro atoms. The summed E-state index contributed by atoms with van der Waals surface area (Å²) in [6, 6.07) is 9.75. The van der Waals surface area contributed by atoms with Gasteiger partial charge in [-0.15, -0.1) is 0 Å². The van der Waals surface area contributed by atoms with Crippen molar-refractivity contribution in [3.8, 4) is 0 Å². The summed E-state index contributed by atoms with van der Waals surface area (Å²) in [5, 5.41) is 0. The third-order valence-corrected chi connectivity index (χ3v) is 3.61. The van der Waals surface area contributed by atoms with Gasteiger partial charge in [0.1, 0.15) is 0 Å². The maximum atomic E-state index is 12.3. The molecule has 0 saturated heterocycles. The Hall–Kier alpha value is -1.68. The van der Waals surface area contributed by atoms with E-state index in [1.54, 1.807) is 24.3 Å². The summed E-state index contributed by atoms with van der Waals surface area (Å²) in [7, 11) is 1.80. The van der Waals surface area contributed by atoms with E-state index in [4.69, 9.17) is 0 Å². The lowest BCUT2D eigenvalue weighted by molar-refractivity contribution is 0.0784.